The number of likely N-dealkylation sites (N-methyl/N-ethyl adjacent to an activating group) is 1. The van der Waals surface area contributed by atoms with Gasteiger partial charge in [-0.2, -0.15) is 0 Å². The maximum absolute atomic E-state index is 12.7. The lowest BCUT2D eigenvalue weighted by Gasteiger charge is -2.34. The third kappa shape index (κ3) is 4.10. The van der Waals surface area contributed by atoms with Gasteiger partial charge in [0.1, 0.15) is 11.8 Å². The van der Waals surface area contributed by atoms with Gasteiger partial charge in [-0.1, -0.05) is 18.2 Å². The van der Waals surface area contributed by atoms with Gasteiger partial charge in [0.25, 0.3) is 5.91 Å². The number of hydrogen-bond donors (Lipinski definition) is 0. The number of piperazine rings is 1. The number of carbonyl (C=O) groups is 1. The molecule has 2 aromatic heterocycles. The number of anilines is 1. The first-order valence-corrected chi connectivity index (χ1v) is 11.1. The summed E-state index contributed by atoms with van der Waals surface area (Å²) in [5.41, 5.74) is 4.71. The fourth-order valence-electron chi connectivity index (χ4n) is 4.61. The first-order valence-electron chi connectivity index (χ1n) is 11.1. The number of piperidine rings is 1. The molecule has 5 rings (SSSR count). The molecule has 7 heteroatoms. The minimum Gasteiger partial charge on any atom is -0.368 e. The maximum Gasteiger partial charge on any atom is 0.253 e. The van der Waals surface area contributed by atoms with Gasteiger partial charge in [0.2, 0.25) is 0 Å². The molecule has 3 aromatic rings. The molecule has 7 nitrogen and oxygen atoms in total. The van der Waals surface area contributed by atoms with E-state index >= 15 is 0 Å². The number of carbonyl (C=O) groups excluding carboxylic acids is 1. The Morgan fingerprint density at radius 3 is 2.42 bits per heavy atom. The van der Waals surface area contributed by atoms with Crippen molar-refractivity contribution in [3.63, 3.8) is 0 Å². The number of benzene rings is 1. The van der Waals surface area contributed by atoms with E-state index in [1.807, 2.05) is 41.4 Å². The Labute approximate surface area is 182 Å². The van der Waals surface area contributed by atoms with Gasteiger partial charge in [0.05, 0.1) is 23.1 Å². The highest BCUT2D eigenvalue weighted by molar-refractivity contribution is 5.94. The van der Waals surface area contributed by atoms with E-state index in [0.717, 1.165) is 80.1 Å². The Morgan fingerprint density at radius 2 is 1.68 bits per heavy atom. The average molecular weight is 417 g/mol. The predicted octanol–water partition coefficient (Wildman–Crippen LogP) is 2.80. The number of fused-ring (bicyclic) bond motifs is 1. The van der Waals surface area contributed by atoms with Crippen LogP contribution in [-0.2, 0) is 0 Å². The van der Waals surface area contributed by atoms with Crippen LogP contribution in [0.4, 0.5) is 5.69 Å². The third-order valence-electron chi connectivity index (χ3n) is 6.55. The number of rotatable bonds is 3. The van der Waals surface area contributed by atoms with Gasteiger partial charge in [-0.25, -0.2) is 9.97 Å². The summed E-state index contributed by atoms with van der Waals surface area (Å²) < 4.78 is 0. The van der Waals surface area contributed by atoms with Crippen LogP contribution in [0.2, 0.25) is 0 Å². The maximum atomic E-state index is 12.7. The number of likely N-dealkylation sites (tertiary alicyclic amines) is 1. The van der Waals surface area contributed by atoms with E-state index in [4.69, 9.17) is 4.98 Å². The molecule has 1 amide bonds. The molecular formula is C24H28N6O. The van der Waals surface area contributed by atoms with Crippen molar-refractivity contribution in [1.29, 1.82) is 0 Å². The second-order valence-corrected chi connectivity index (χ2v) is 8.54. The molecule has 2 fully saturated rings. The van der Waals surface area contributed by atoms with Gasteiger partial charge < -0.3 is 14.7 Å². The van der Waals surface area contributed by atoms with E-state index in [9.17, 15) is 4.79 Å². The van der Waals surface area contributed by atoms with Crippen molar-refractivity contribution in [1.82, 2.24) is 24.8 Å². The molecule has 160 valence electrons. The summed E-state index contributed by atoms with van der Waals surface area (Å²) in [4.78, 5) is 33.3. The Bertz CT molecular complexity index is 1060. The Hall–Kier alpha value is -3.06. The second-order valence-electron chi connectivity index (χ2n) is 8.54. The van der Waals surface area contributed by atoms with Crippen molar-refractivity contribution < 1.29 is 4.79 Å². The van der Waals surface area contributed by atoms with Crippen LogP contribution in [0.1, 0.15) is 34.8 Å². The van der Waals surface area contributed by atoms with Crippen molar-refractivity contribution in [2.45, 2.75) is 18.8 Å². The lowest BCUT2D eigenvalue weighted by atomic mass is 9.92. The zero-order valence-corrected chi connectivity index (χ0v) is 17.9. The fourth-order valence-corrected chi connectivity index (χ4v) is 4.61. The third-order valence-corrected chi connectivity index (χ3v) is 6.55. The standard InChI is InChI=1S/C24H28N6O/c1-28-11-13-29(14-12-28)20-15-21-23(25-16-20)22(27-17-26-21)18-7-9-30(10-8-18)24(31)19-5-3-2-4-6-19/h2-6,15-18H,7-14H2,1H3. The van der Waals surface area contributed by atoms with Crippen LogP contribution in [-0.4, -0.2) is 77.0 Å². The fraction of sp³-hybridized carbons (Fsp3) is 0.417. The normalized spacial score (nSPS) is 18.5. The second kappa shape index (κ2) is 8.59. The van der Waals surface area contributed by atoms with Crippen molar-refractivity contribution >= 4 is 22.6 Å². The van der Waals surface area contributed by atoms with Crippen LogP contribution in [0, 0.1) is 0 Å². The summed E-state index contributed by atoms with van der Waals surface area (Å²) in [7, 11) is 2.16. The minimum absolute atomic E-state index is 0.113. The van der Waals surface area contributed by atoms with Crippen LogP contribution in [0.15, 0.2) is 48.9 Å². The number of hydrogen-bond acceptors (Lipinski definition) is 6. The topological polar surface area (TPSA) is 65.5 Å². The summed E-state index contributed by atoms with van der Waals surface area (Å²) >= 11 is 0. The Balaban J connectivity index is 1.31. The molecule has 1 aromatic carbocycles. The van der Waals surface area contributed by atoms with E-state index in [1.54, 1.807) is 6.33 Å². The quantitative estimate of drug-likeness (QED) is 0.654. The first kappa shape index (κ1) is 19.9. The highest BCUT2D eigenvalue weighted by Crippen LogP contribution is 2.31. The van der Waals surface area contributed by atoms with Crippen LogP contribution in [0.5, 0.6) is 0 Å². The first-order chi connectivity index (χ1) is 15.2. The molecule has 0 bridgehead atoms. The van der Waals surface area contributed by atoms with Crippen molar-refractivity contribution in [3.05, 3.63) is 60.2 Å². The number of nitrogens with zero attached hydrogens (tertiary/aromatic N) is 6. The van der Waals surface area contributed by atoms with E-state index in [1.165, 1.54) is 0 Å². The zero-order valence-electron chi connectivity index (χ0n) is 17.9. The van der Waals surface area contributed by atoms with Crippen LogP contribution in [0.3, 0.4) is 0 Å². The van der Waals surface area contributed by atoms with Crippen LogP contribution in [0.25, 0.3) is 11.0 Å². The molecule has 0 unspecified atom stereocenters. The predicted molar refractivity (Wildman–Crippen MR) is 121 cm³/mol. The summed E-state index contributed by atoms with van der Waals surface area (Å²) in [6.07, 6.45) is 5.42. The molecule has 0 spiro atoms. The highest BCUT2D eigenvalue weighted by Gasteiger charge is 2.27. The van der Waals surface area contributed by atoms with Gasteiger partial charge in [-0.3, -0.25) is 9.78 Å². The van der Waals surface area contributed by atoms with Gasteiger partial charge in [0.15, 0.2) is 0 Å². The SMILES string of the molecule is CN1CCN(c2cnc3c(C4CCN(C(=O)c5ccccc5)CC4)ncnc3c2)CC1. The molecule has 4 heterocycles. The van der Waals surface area contributed by atoms with E-state index in [-0.39, 0.29) is 5.91 Å². The molecule has 0 atom stereocenters. The average Bonchev–Trinajstić information content (AvgIpc) is 2.84. The van der Waals surface area contributed by atoms with E-state index < -0.39 is 0 Å². The number of aromatic nitrogens is 3. The summed E-state index contributed by atoms with van der Waals surface area (Å²) in [5, 5.41) is 0. The lowest BCUT2D eigenvalue weighted by molar-refractivity contribution is 0.0712. The van der Waals surface area contributed by atoms with Gasteiger partial charge in [-0.05, 0) is 38.1 Å². The van der Waals surface area contributed by atoms with Crippen molar-refractivity contribution in [2.75, 3.05) is 51.2 Å². The lowest BCUT2D eigenvalue weighted by Crippen LogP contribution is -2.44. The van der Waals surface area contributed by atoms with Crippen LogP contribution >= 0.6 is 0 Å². The largest absolute Gasteiger partial charge is 0.368 e. The summed E-state index contributed by atoms with van der Waals surface area (Å²) in [6, 6.07) is 11.7. The van der Waals surface area contributed by atoms with Crippen molar-refractivity contribution in [2.24, 2.45) is 0 Å². The Kier molecular flexibility index (Phi) is 5.51. The van der Waals surface area contributed by atoms with Gasteiger partial charge >= 0.3 is 0 Å². The van der Waals surface area contributed by atoms with E-state index in [2.05, 4.69) is 32.9 Å². The summed E-state index contributed by atoms with van der Waals surface area (Å²) in [5.74, 6) is 0.411. The van der Waals surface area contributed by atoms with Gasteiger partial charge in [0, 0.05) is 50.7 Å². The molecule has 2 aliphatic rings. The molecular weight excluding hydrogens is 388 g/mol. The molecule has 2 saturated heterocycles. The number of amides is 1. The van der Waals surface area contributed by atoms with E-state index in [0.29, 0.717) is 5.92 Å². The molecule has 0 radical (unpaired) electrons. The zero-order chi connectivity index (χ0) is 21.2. The Morgan fingerprint density at radius 1 is 0.935 bits per heavy atom. The van der Waals surface area contributed by atoms with Crippen molar-refractivity contribution in [3.8, 4) is 0 Å². The smallest absolute Gasteiger partial charge is 0.253 e. The molecule has 0 N–H and O–H groups in total. The minimum atomic E-state index is 0.113. The summed E-state index contributed by atoms with van der Waals surface area (Å²) in [6.45, 7) is 5.62. The molecule has 0 saturated carbocycles. The highest BCUT2D eigenvalue weighted by atomic mass is 16.2. The molecule has 2 aliphatic heterocycles. The monoisotopic (exact) mass is 416 g/mol. The number of pyridine rings is 1. The van der Waals surface area contributed by atoms with Gasteiger partial charge in [-0.15, -0.1) is 0 Å². The molecule has 0 aliphatic carbocycles. The van der Waals surface area contributed by atoms with Crippen LogP contribution < -0.4 is 4.90 Å². The molecule has 31 heavy (non-hydrogen) atoms.